The number of halogens is 2. The minimum Gasteiger partial charge on any atom is -0.502 e. The van der Waals surface area contributed by atoms with E-state index in [4.69, 9.17) is 0 Å². The predicted molar refractivity (Wildman–Crippen MR) is 112 cm³/mol. The third-order valence-corrected chi connectivity index (χ3v) is 7.16. The van der Waals surface area contributed by atoms with Gasteiger partial charge in [-0.25, -0.2) is 8.78 Å². The number of pyridine rings is 1. The maximum absolute atomic E-state index is 14.9. The molecule has 2 aromatic carbocycles. The van der Waals surface area contributed by atoms with E-state index in [1.165, 1.54) is 21.8 Å². The molecular formula is C24H19F2N3O3. The molecule has 0 spiro atoms. The van der Waals surface area contributed by atoms with Crippen LogP contribution in [-0.4, -0.2) is 34.3 Å². The van der Waals surface area contributed by atoms with Crippen LogP contribution in [0.15, 0.2) is 53.5 Å². The first-order chi connectivity index (χ1) is 15.4. The maximum Gasteiger partial charge on any atom is 0.277 e. The number of carbonyl (C=O) groups excluding carboxylic acids is 1. The van der Waals surface area contributed by atoms with Gasteiger partial charge in [0.25, 0.3) is 5.91 Å². The van der Waals surface area contributed by atoms with Crippen LogP contribution in [0.5, 0.6) is 5.75 Å². The van der Waals surface area contributed by atoms with Gasteiger partial charge in [0.2, 0.25) is 5.43 Å². The van der Waals surface area contributed by atoms with Crippen LogP contribution in [0, 0.1) is 17.6 Å². The molecule has 8 heteroatoms. The van der Waals surface area contributed by atoms with Crippen LogP contribution in [0.1, 0.15) is 32.7 Å². The molecule has 1 aliphatic heterocycles. The molecule has 162 valence electrons. The summed E-state index contributed by atoms with van der Waals surface area (Å²) < 4.78 is 30.6. The maximum atomic E-state index is 14.9. The Bertz CT molecular complexity index is 1390. The van der Waals surface area contributed by atoms with Crippen LogP contribution >= 0.6 is 0 Å². The Labute approximate surface area is 181 Å². The van der Waals surface area contributed by atoms with Gasteiger partial charge in [0, 0.05) is 25.2 Å². The van der Waals surface area contributed by atoms with E-state index < -0.39 is 34.3 Å². The molecular weight excluding hydrogens is 416 g/mol. The van der Waals surface area contributed by atoms with Crippen molar-refractivity contribution in [3.05, 3.63) is 98.5 Å². The fourth-order valence-electron chi connectivity index (χ4n) is 5.89. The summed E-state index contributed by atoms with van der Waals surface area (Å²) in [7, 11) is 1.59. The molecule has 2 atom stereocenters. The number of hydrogen-bond acceptors (Lipinski definition) is 4. The molecule has 0 radical (unpaired) electrons. The number of benzene rings is 2. The fraction of sp³-hybridized carbons (Fsp3) is 0.250. The number of aromatic hydroxyl groups is 1. The van der Waals surface area contributed by atoms with Crippen LogP contribution in [0.2, 0.25) is 0 Å². The van der Waals surface area contributed by atoms with Gasteiger partial charge in [-0.15, -0.1) is 0 Å². The van der Waals surface area contributed by atoms with Gasteiger partial charge in [0.15, 0.2) is 23.1 Å². The van der Waals surface area contributed by atoms with Crippen molar-refractivity contribution in [2.75, 3.05) is 18.7 Å². The van der Waals surface area contributed by atoms with Crippen molar-refractivity contribution >= 4 is 5.91 Å². The van der Waals surface area contributed by atoms with Gasteiger partial charge in [-0.3, -0.25) is 19.3 Å². The van der Waals surface area contributed by atoms with Crippen LogP contribution in [0.3, 0.4) is 0 Å². The lowest BCUT2D eigenvalue weighted by molar-refractivity contribution is 0.0697. The number of carbonyl (C=O) groups is 1. The Morgan fingerprint density at radius 2 is 1.81 bits per heavy atom. The molecule has 1 amide bonds. The van der Waals surface area contributed by atoms with Crippen molar-refractivity contribution in [2.45, 2.75) is 18.4 Å². The van der Waals surface area contributed by atoms with E-state index >= 15 is 0 Å². The van der Waals surface area contributed by atoms with Crippen LogP contribution < -0.4 is 10.4 Å². The highest BCUT2D eigenvalue weighted by Crippen LogP contribution is 2.57. The Morgan fingerprint density at radius 1 is 1.03 bits per heavy atom. The van der Waals surface area contributed by atoms with E-state index in [1.54, 1.807) is 13.1 Å². The molecule has 32 heavy (non-hydrogen) atoms. The zero-order chi connectivity index (χ0) is 22.4. The lowest BCUT2D eigenvalue weighted by Crippen LogP contribution is -2.62. The molecule has 1 N–H and O–H groups in total. The molecule has 0 saturated heterocycles. The Balaban J connectivity index is 1.71. The lowest BCUT2D eigenvalue weighted by Gasteiger charge is -2.50. The molecule has 6 nitrogen and oxygen atoms in total. The third-order valence-electron chi connectivity index (χ3n) is 7.16. The molecule has 1 aromatic heterocycles. The number of hydrogen-bond donors (Lipinski definition) is 1. The second-order valence-corrected chi connectivity index (χ2v) is 8.68. The molecule has 0 fully saturated rings. The van der Waals surface area contributed by atoms with Gasteiger partial charge in [-0.1, -0.05) is 30.3 Å². The lowest BCUT2D eigenvalue weighted by atomic mass is 9.81. The molecule has 6 rings (SSSR count). The second kappa shape index (κ2) is 6.18. The number of aromatic nitrogens is 1. The first kappa shape index (κ1) is 19.0. The highest BCUT2D eigenvalue weighted by molar-refractivity contribution is 5.96. The summed E-state index contributed by atoms with van der Waals surface area (Å²) >= 11 is 0. The quantitative estimate of drug-likeness (QED) is 0.638. The van der Waals surface area contributed by atoms with Crippen molar-refractivity contribution in [3.8, 4) is 5.75 Å². The number of rotatable bonds is 1. The minimum atomic E-state index is -0.897. The van der Waals surface area contributed by atoms with Crippen molar-refractivity contribution in [3.63, 3.8) is 0 Å². The van der Waals surface area contributed by atoms with E-state index in [1.807, 2.05) is 29.3 Å². The van der Waals surface area contributed by atoms with Gasteiger partial charge in [-0.2, -0.15) is 0 Å². The van der Waals surface area contributed by atoms with E-state index in [0.717, 1.165) is 17.2 Å². The highest BCUT2D eigenvalue weighted by Gasteiger charge is 2.59. The molecule has 2 aliphatic carbocycles. The highest BCUT2D eigenvalue weighted by atomic mass is 19.2. The first-order valence-corrected chi connectivity index (χ1v) is 10.4. The van der Waals surface area contributed by atoms with Crippen LogP contribution in [0.4, 0.5) is 8.78 Å². The molecule has 0 saturated carbocycles. The standard InChI is InChI=1S/C24H19F2N3O3/c1-27-12-29(28-9-8-19(30)22(31)21(28)23(27)32)24-14(10-13-4-2-3-5-16(13)24)11-15-17(24)6-7-18(25)20(15)26/h2-9,14,31H,10-12H2,1H3. The Hall–Kier alpha value is -3.68. The van der Waals surface area contributed by atoms with Gasteiger partial charge in [0.1, 0.15) is 12.2 Å². The summed E-state index contributed by atoms with van der Waals surface area (Å²) in [6.07, 6.45) is 2.46. The third kappa shape index (κ3) is 2.12. The average molecular weight is 435 g/mol. The van der Waals surface area contributed by atoms with E-state index in [2.05, 4.69) is 0 Å². The van der Waals surface area contributed by atoms with E-state index in [0.29, 0.717) is 24.0 Å². The largest absolute Gasteiger partial charge is 0.502 e. The summed E-state index contributed by atoms with van der Waals surface area (Å²) in [6.45, 7) is 0.136. The normalized spacial score (nSPS) is 23.1. The predicted octanol–water partition coefficient (Wildman–Crippen LogP) is 2.49. The average Bonchev–Trinajstić information content (AvgIpc) is 3.27. The molecule has 3 aromatic rings. The smallest absolute Gasteiger partial charge is 0.277 e. The zero-order valence-corrected chi connectivity index (χ0v) is 17.2. The second-order valence-electron chi connectivity index (χ2n) is 8.68. The van der Waals surface area contributed by atoms with Gasteiger partial charge < -0.3 is 10.0 Å². The van der Waals surface area contributed by atoms with E-state index in [-0.39, 0.29) is 18.3 Å². The summed E-state index contributed by atoms with van der Waals surface area (Å²) in [6, 6.07) is 11.8. The monoisotopic (exact) mass is 435 g/mol. The Kier molecular flexibility index (Phi) is 3.68. The van der Waals surface area contributed by atoms with Gasteiger partial charge in [0.05, 0.1) is 0 Å². The fourth-order valence-corrected chi connectivity index (χ4v) is 5.89. The summed E-state index contributed by atoms with van der Waals surface area (Å²) in [5.41, 5.74) is 1.32. The first-order valence-electron chi connectivity index (χ1n) is 10.4. The van der Waals surface area contributed by atoms with Crippen LogP contribution in [0.25, 0.3) is 0 Å². The summed E-state index contributed by atoms with van der Waals surface area (Å²) in [4.78, 5) is 26.4. The molecule has 0 bridgehead atoms. The molecule has 2 unspecified atom stereocenters. The van der Waals surface area contributed by atoms with Crippen molar-refractivity contribution in [1.29, 1.82) is 0 Å². The number of amides is 1. The van der Waals surface area contributed by atoms with Crippen LogP contribution in [-0.2, 0) is 18.4 Å². The number of nitrogens with zero attached hydrogens (tertiary/aromatic N) is 3. The van der Waals surface area contributed by atoms with Crippen molar-refractivity contribution in [1.82, 2.24) is 9.58 Å². The zero-order valence-electron chi connectivity index (χ0n) is 17.2. The minimum absolute atomic E-state index is 0.123. The molecule has 3 aliphatic rings. The van der Waals surface area contributed by atoms with Crippen molar-refractivity contribution < 1.29 is 18.7 Å². The van der Waals surface area contributed by atoms with Gasteiger partial charge >= 0.3 is 0 Å². The Morgan fingerprint density at radius 3 is 2.62 bits per heavy atom. The topological polar surface area (TPSA) is 65.8 Å². The summed E-state index contributed by atoms with van der Waals surface area (Å²) in [5.74, 6) is -2.98. The van der Waals surface area contributed by atoms with E-state index in [9.17, 15) is 23.5 Å². The van der Waals surface area contributed by atoms with Gasteiger partial charge in [-0.05, 0) is 41.2 Å². The summed E-state index contributed by atoms with van der Waals surface area (Å²) in [5, 5.41) is 12.4. The van der Waals surface area contributed by atoms with Crippen molar-refractivity contribution in [2.24, 2.45) is 5.92 Å². The number of fused-ring (bicyclic) bond motifs is 6. The molecule has 2 heterocycles. The SMILES string of the molecule is CN1CN(C23c4ccccc4CC2Cc2c3ccc(F)c2F)n2ccc(=O)c(O)c2C1=O.